The van der Waals surface area contributed by atoms with Gasteiger partial charge in [0.1, 0.15) is 0 Å². The summed E-state index contributed by atoms with van der Waals surface area (Å²) in [5.74, 6) is 0. The largest absolute Gasteiger partial charge is 0.295 e. The van der Waals surface area contributed by atoms with Crippen molar-refractivity contribution in [1.29, 1.82) is 0 Å². The third-order valence-corrected chi connectivity index (χ3v) is 10.2. The van der Waals surface area contributed by atoms with Gasteiger partial charge in [0.15, 0.2) is 0 Å². The van der Waals surface area contributed by atoms with Crippen molar-refractivity contribution < 1.29 is 0 Å². The standard InChI is InChI=1S/C25H31NSi/c1-22(27(2,3)25-17-11-6-12-18-25)19-26(20-23-13-7-4-8-14-23)21-24-15-9-5-10-16-24/h4-18,22H,19-21H2,1-3H3. The summed E-state index contributed by atoms with van der Waals surface area (Å²) in [7, 11) is -1.52. The molecule has 0 bridgehead atoms. The highest BCUT2D eigenvalue weighted by Crippen LogP contribution is 2.24. The second-order valence-corrected chi connectivity index (χ2v) is 13.1. The first-order chi connectivity index (χ1) is 13.1. The molecule has 140 valence electrons. The van der Waals surface area contributed by atoms with Crippen molar-refractivity contribution in [1.82, 2.24) is 4.90 Å². The summed E-state index contributed by atoms with van der Waals surface area (Å²) in [5, 5.41) is 1.55. The van der Waals surface area contributed by atoms with Gasteiger partial charge in [0, 0.05) is 13.1 Å². The highest BCUT2D eigenvalue weighted by Gasteiger charge is 2.31. The Morgan fingerprint density at radius 2 is 1.07 bits per heavy atom. The zero-order valence-electron chi connectivity index (χ0n) is 16.8. The van der Waals surface area contributed by atoms with Crippen molar-refractivity contribution in [3.8, 4) is 0 Å². The molecule has 1 nitrogen and oxygen atoms in total. The van der Waals surface area contributed by atoms with Crippen LogP contribution in [0.5, 0.6) is 0 Å². The molecule has 0 spiro atoms. The first-order valence-electron chi connectivity index (χ1n) is 9.91. The monoisotopic (exact) mass is 373 g/mol. The smallest absolute Gasteiger partial charge is 0.0846 e. The van der Waals surface area contributed by atoms with Crippen LogP contribution in [0.4, 0.5) is 0 Å². The maximum Gasteiger partial charge on any atom is 0.0846 e. The van der Waals surface area contributed by atoms with Gasteiger partial charge in [-0.05, 0) is 23.2 Å². The Kier molecular flexibility index (Phi) is 6.65. The van der Waals surface area contributed by atoms with Crippen LogP contribution >= 0.6 is 0 Å². The Hall–Kier alpha value is -2.16. The molecule has 0 aliphatic rings. The van der Waals surface area contributed by atoms with E-state index >= 15 is 0 Å². The Bertz CT molecular complexity index is 758. The molecule has 0 heterocycles. The minimum Gasteiger partial charge on any atom is -0.295 e. The van der Waals surface area contributed by atoms with E-state index in [1.165, 1.54) is 11.1 Å². The summed E-state index contributed by atoms with van der Waals surface area (Å²) >= 11 is 0. The number of hydrogen-bond acceptors (Lipinski definition) is 1. The zero-order chi connectivity index (χ0) is 19.1. The predicted molar refractivity (Wildman–Crippen MR) is 120 cm³/mol. The van der Waals surface area contributed by atoms with Gasteiger partial charge in [-0.2, -0.15) is 0 Å². The molecule has 3 aromatic carbocycles. The van der Waals surface area contributed by atoms with Crippen LogP contribution in [0.2, 0.25) is 18.6 Å². The molecule has 0 saturated carbocycles. The van der Waals surface area contributed by atoms with Crippen LogP contribution in [0.1, 0.15) is 18.1 Å². The average molecular weight is 374 g/mol. The van der Waals surface area contributed by atoms with Crippen LogP contribution in [0.15, 0.2) is 91.0 Å². The lowest BCUT2D eigenvalue weighted by Crippen LogP contribution is -2.48. The van der Waals surface area contributed by atoms with E-state index < -0.39 is 8.07 Å². The van der Waals surface area contributed by atoms with Crippen molar-refractivity contribution in [2.75, 3.05) is 6.54 Å². The van der Waals surface area contributed by atoms with Crippen molar-refractivity contribution in [2.24, 2.45) is 0 Å². The molecule has 1 atom stereocenters. The van der Waals surface area contributed by atoms with Crippen LogP contribution in [0, 0.1) is 0 Å². The minimum absolute atomic E-state index is 0.673. The van der Waals surface area contributed by atoms with E-state index in [1.54, 1.807) is 5.19 Å². The molecule has 27 heavy (non-hydrogen) atoms. The molecular weight excluding hydrogens is 342 g/mol. The van der Waals surface area contributed by atoms with Crippen molar-refractivity contribution in [2.45, 2.75) is 38.6 Å². The Morgan fingerprint density at radius 3 is 1.52 bits per heavy atom. The summed E-state index contributed by atoms with van der Waals surface area (Å²) in [6.07, 6.45) is 0. The van der Waals surface area contributed by atoms with E-state index in [4.69, 9.17) is 0 Å². The second-order valence-electron chi connectivity index (χ2n) is 8.13. The summed E-state index contributed by atoms with van der Waals surface area (Å²) in [6, 6.07) is 32.8. The van der Waals surface area contributed by atoms with Crippen LogP contribution < -0.4 is 5.19 Å². The molecule has 0 radical (unpaired) electrons. The Balaban J connectivity index is 1.77. The van der Waals surface area contributed by atoms with E-state index in [0.717, 1.165) is 19.6 Å². The topological polar surface area (TPSA) is 3.24 Å². The molecule has 0 N–H and O–H groups in total. The molecule has 0 aliphatic heterocycles. The quantitative estimate of drug-likeness (QED) is 0.458. The molecule has 0 saturated heterocycles. The van der Waals surface area contributed by atoms with Crippen molar-refractivity contribution in [3.05, 3.63) is 102 Å². The molecular formula is C25H31NSi. The number of rotatable bonds is 8. The molecule has 1 unspecified atom stereocenters. The molecule has 0 aromatic heterocycles. The summed E-state index contributed by atoms with van der Waals surface area (Å²) in [4.78, 5) is 2.62. The molecule has 3 aromatic rings. The fourth-order valence-corrected chi connectivity index (χ4v) is 5.97. The van der Waals surface area contributed by atoms with Crippen LogP contribution in [0.3, 0.4) is 0 Å². The maximum atomic E-state index is 2.62. The summed E-state index contributed by atoms with van der Waals surface area (Å²) < 4.78 is 0. The van der Waals surface area contributed by atoms with E-state index in [0.29, 0.717) is 5.54 Å². The molecule has 2 heteroatoms. The van der Waals surface area contributed by atoms with Gasteiger partial charge < -0.3 is 0 Å². The van der Waals surface area contributed by atoms with Gasteiger partial charge in [-0.3, -0.25) is 4.90 Å². The third-order valence-electron chi connectivity index (χ3n) is 5.78. The van der Waals surface area contributed by atoms with E-state index in [-0.39, 0.29) is 0 Å². The van der Waals surface area contributed by atoms with Gasteiger partial charge in [0.25, 0.3) is 0 Å². The van der Waals surface area contributed by atoms with E-state index in [1.807, 2.05) is 0 Å². The molecule has 0 amide bonds. The third kappa shape index (κ3) is 5.41. The number of hydrogen-bond donors (Lipinski definition) is 0. The van der Waals surface area contributed by atoms with Gasteiger partial charge in [0.2, 0.25) is 0 Å². The fourth-order valence-electron chi connectivity index (χ4n) is 3.64. The minimum atomic E-state index is -1.52. The van der Waals surface area contributed by atoms with Gasteiger partial charge >= 0.3 is 0 Å². The predicted octanol–water partition coefficient (Wildman–Crippen LogP) is 5.69. The SMILES string of the molecule is CC(CN(Cc1ccccc1)Cc1ccccc1)[Si](C)(C)c1ccccc1. The maximum absolute atomic E-state index is 2.62. The normalized spacial score (nSPS) is 12.9. The molecule has 0 aliphatic carbocycles. The fraction of sp³-hybridized carbons (Fsp3) is 0.280. The van der Waals surface area contributed by atoms with E-state index in [9.17, 15) is 0 Å². The highest BCUT2D eigenvalue weighted by atomic mass is 28.3. The van der Waals surface area contributed by atoms with Gasteiger partial charge in [0.05, 0.1) is 8.07 Å². The van der Waals surface area contributed by atoms with Crippen LogP contribution in [-0.4, -0.2) is 19.5 Å². The van der Waals surface area contributed by atoms with Crippen LogP contribution in [0.25, 0.3) is 0 Å². The van der Waals surface area contributed by atoms with Gasteiger partial charge in [-0.1, -0.05) is 116 Å². The van der Waals surface area contributed by atoms with Crippen molar-refractivity contribution >= 4 is 13.3 Å². The second kappa shape index (κ2) is 9.16. The van der Waals surface area contributed by atoms with Gasteiger partial charge in [-0.15, -0.1) is 0 Å². The Morgan fingerprint density at radius 1 is 0.667 bits per heavy atom. The first-order valence-corrected chi connectivity index (χ1v) is 13.0. The first kappa shape index (κ1) is 19.6. The summed E-state index contributed by atoms with van der Waals surface area (Å²) in [6.45, 7) is 10.6. The van der Waals surface area contributed by atoms with Gasteiger partial charge in [-0.25, -0.2) is 0 Å². The summed E-state index contributed by atoms with van der Waals surface area (Å²) in [5.41, 5.74) is 3.45. The lowest BCUT2D eigenvalue weighted by molar-refractivity contribution is 0.256. The Labute approximate surface area is 165 Å². The number of benzene rings is 3. The number of nitrogens with zero attached hydrogens (tertiary/aromatic N) is 1. The average Bonchev–Trinajstić information content (AvgIpc) is 2.70. The lowest BCUT2D eigenvalue weighted by Gasteiger charge is -2.35. The molecule has 3 rings (SSSR count). The van der Waals surface area contributed by atoms with Crippen molar-refractivity contribution in [3.63, 3.8) is 0 Å². The highest BCUT2D eigenvalue weighted by molar-refractivity contribution is 6.91. The zero-order valence-corrected chi connectivity index (χ0v) is 17.8. The molecule has 0 fully saturated rings. The van der Waals surface area contributed by atoms with E-state index in [2.05, 4.69) is 116 Å². The lowest BCUT2D eigenvalue weighted by atomic mass is 10.1. The van der Waals surface area contributed by atoms with Crippen LogP contribution in [-0.2, 0) is 13.1 Å².